The molecule has 0 radical (unpaired) electrons. The number of hydrogen-bond donors (Lipinski definition) is 2. The van der Waals surface area contributed by atoms with E-state index in [-0.39, 0.29) is 24.3 Å². The number of amides is 1. The molecule has 0 heterocycles. The Morgan fingerprint density at radius 3 is 2.76 bits per heavy atom. The lowest BCUT2D eigenvalue weighted by molar-refractivity contribution is -0.119. The predicted molar refractivity (Wildman–Crippen MR) is 64.7 cm³/mol. The fraction of sp³-hybridized carbons (Fsp3) is 0.417. The van der Waals surface area contributed by atoms with Crippen LogP contribution in [0.4, 0.5) is 10.1 Å². The molecule has 0 aromatic heterocycles. The molecule has 0 fully saturated rings. The number of methoxy groups -OCH3 is 1. The van der Waals surface area contributed by atoms with Gasteiger partial charge >= 0.3 is 0 Å². The van der Waals surface area contributed by atoms with Crippen molar-refractivity contribution in [2.45, 2.75) is 19.9 Å². The van der Waals surface area contributed by atoms with E-state index >= 15 is 0 Å². The molecule has 0 saturated heterocycles. The average Bonchev–Trinajstić information content (AvgIpc) is 2.26. The lowest BCUT2D eigenvalue weighted by atomic mass is 10.3. The summed E-state index contributed by atoms with van der Waals surface area (Å²) in [4.78, 5) is 11.4. The number of hydrogen-bond acceptors (Lipinski definition) is 3. The number of ether oxygens (including phenoxy) is 1. The molecule has 1 aromatic carbocycles. The third-order valence-electron chi connectivity index (χ3n) is 2.05. The lowest BCUT2D eigenvalue weighted by Crippen LogP contribution is -2.34. The van der Waals surface area contributed by atoms with E-state index < -0.39 is 0 Å². The van der Waals surface area contributed by atoms with Crippen LogP contribution in [0.2, 0.25) is 0 Å². The molecule has 0 saturated carbocycles. The van der Waals surface area contributed by atoms with Crippen molar-refractivity contribution in [1.29, 1.82) is 0 Å². The van der Waals surface area contributed by atoms with Gasteiger partial charge in [0.15, 0.2) is 0 Å². The molecule has 0 bridgehead atoms. The summed E-state index contributed by atoms with van der Waals surface area (Å²) < 4.78 is 17.9. The Morgan fingerprint density at radius 1 is 1.47 bits per heavy atom. The van der Waals surface area contributed by atoms with E-state index in [1.807, 2.05) is 13.8 Å². The number of carbonyl (C=O) groups is 1. The summed E-state index contributed by atoms with van der Waals surface area (Å²) in [6.45, 7) is 3.90. The SMILES string of the molecule is COc1cc(F)ccc1NCC(=O)NC(C)C. The second-order valence-electron chi connectivity index (χ2n) is 3.92. The first kappa shape index (κ1) is 13.3. The topological polar surface area (TPSA) is 50.4 Å². The van der Waals surface area contributed by atoms with Crippen molar-refractivity contribution < 1.29 is 13.9 Å². The van der Waals surface area contributed by atoms with Crippen molar-refractivity contribution in [3.05, 3.63) is 24.0 Å². The van der Waals surface area contributed by atoms with Crippen LogP contribution in [0.5, 0.6) is 5.75 Å². The Bertz CT molecular complexity index is 394. The maximum Gasteiger partial charge on any atom is 0.239 e. The number of benzene rings is 1. The summed E-state index contributed by atoms with van der Waals surface area (Å²) in [5.74, 6) is -0.118. The van der Waals surface area contributed by atoms with E-state index in [2.05, 4.69) is 10.6 Å². The second kappa shape index (κ2) is 6.08. The van der Waals surface area contributed by atoms with Crippen LogP contribution in [0.25, 0.3) is 0 Å². The van der Waals surface area contributed by atoms with Crippen molar-refractivity contribution in [1.82, 2.24) is 5.32 Å². The number of halogens is 1. The molecular weight excluding hydrogens is 223 g/mol. The molecule has 5 heteroatoms. The lowest BCUT2D eigenvalue weighted by Gasteiger charge is -2.12. The van der Waals surface area contributed by atoms with Gasteiger partial charge in [-0.3, -0.25) is 4.79 Å². The van der Waals surface area contributed by atoms with Crippen molar-refractivity contribution in [3.8, 4) is 5.75 Å². The first-order valence-corrected chi connectivity index (χ1v) is 5.39. The number of nitrogens with one attached hydrogen (secondary N) is 2. The predicted octanol–water partition coefficient (Wildman–Crippen LogP) is 1.77. The van der Waals surface area contributed by atoms with Crippen LogP contribution in [-0.2, 0) is 4.79 Å². The quantitative estimate of drug-likeness (QED) is 0.824. The fourth-order valence-electron chi connectivity index (χ4n) is 1.36. The van der Waals surface area contributed by atoms with Crippen LogP contribution in [0.15, 0.2) is 18.2 Å². The van der Waals surface area contributed by atoms with Crippen molar-refractivity contribution in [2.24, 2.45) is 0 Å². The van der Waals surface area contributed by atoms with Crippen LogP contribution in [0, 0.1) is 5.82 Å². The van der Waals surface area contributed by atoms with Gasteiger partial charge < -0.3 is 15.4 Å². The molecule has 1 rings (SSSR count). The second-order valence-corrected chi connectivity index (χ2v) is 3.92. The summed E-state index contributed by atoms with van der Waals surface area (Å²) in [5, 5.41) is 5.64. The van der Waals surface area contributed by atoms with Gasteiger partial charge in [-0.1, -0.05) is 0 Å². The monoisotopic (exact) mass is 240 g/mol. The van der Waals surface area contributed by atoms with Crippen LogP contribution in [-0.4, -0.2) is 25.6 Å². The number of anilines is 1. The molecule has 17 heavy (non-hydrogen) atoms. The van der Waals surface area contributed by atoms with E-state index in [0.717, 1.165) is 0 Å². The van der Waals surface area contributed by atoms with E-state index in [9.17, 15) is 9.18 Å². The number of rotatable bonds is 5. The third kappa shape index (κ3) is 4.30. The van der Waals surface area contributed by atoms with Gasteiger partial charge in [-0.25, -0.2) is 4.39 Å². The van der Waals surface area contributed by atoms with E-state index in [4.69, 9.17) is 4.74 Å². The Morgan fingerprint density at radius 2 is 2.18 bits per heavy atom. The summed E-state index contributed by atoms with van der Waals surface area (Å²) in [6.07, 6.45) is 0. The minimum Gasteiger partial charge on any atom is -0.494 e. The zero-order valence-electron chi connectivity index (χ0n) is 10.2. The average molecular weight is 240 g/mol. The summed E-state index contributed by atoms with van der Waals surface area (Å²) in [7, 11) is 1.45. The van der Waals surface area contributed by atoms with Crippen LogP contribution < -0.4 is 15.4 Å². The smallest absolute Gasteiger partial charge is 0.239 e. The van der Waals surface area contributed by atoms with Crippen molar-refractivity contribution >= 4 is 11.6 Å². The molecule has 0 unspecified atom stereocenters. The van der Waals surface area contributed by atoms with Gasteiger partial charge in [0, 0.05) is 12.1 Å². The molecule has 0 spiro atoms. The summed E-state index contributed by atoms with van der Waals surface area (Å²) in [5.41, 5.74) is 0.591. The molecule has 0 aliphatic carbocycles. The Balaban J connectivity index is 2.60. The molecule has 4 nitrogen and oxygen atoms in total. The Hall–Kier alpha value is -1.78. The molecule has 0 aliphatic rings. The minimum absolute atomic E-state index is 0.0967. The maximum atomic E-state index is 12.9. The van der Waals surface area contributed by atoms with Gasteiger partial charge in [-0.15, -0.1) is 0 Å². The zero-order chi connectivity index (χ0) is 12.8. The van der Waals surface area contributed by atoms with E-state index in [0.29, 0.717) is 11.4 Å². The van der Waals surface area contributed by atoms with Crippen LogP contribution in [0.1, 0.15) is 13.8 Å². The van der Waals surface area contributed by atoms with Gasteiger partial charge in [0.05, 0.1) is 19.3 Å². The van der Waals surface area contributed by atoms with Crippen molar-refractivity contribution in [3.63, 3.8) is 0 Å². The van der Waals surface area contributed by atoms with E-state index in [1.165, 1.54) is 25.3 Å². The summed E-state index contributed by atoms with van der Waals surface area (Å²) in [6, 6.07) is 4.21. The van der Waals surface area contributed by atoms with Crippen molar-refractivity contribution in [2.75, 3.05) is 19.0 Å². The first-order valence-electron chi connectivity index (χ1n) is 5.39. The maximum absolute atomic E-state index is 12.9. The van der Waals surface area contributed by atoms with Gasteiger partial charge in [-0.05, 0) is 26.0 Å². The molecule has 94 valence electrons. The van der Waals surface area contributed by atoms with Gasteiger partial charge in [0.2, 0.25) is 5.91 Å². The molecule has 0 atom stereocenters. The Labute approximate surface area is 100 Å². The van der Waals surface area contributed by atoms with Crippen LogP contribution in [0.3, 0.4) is 0 Å². The highest BCUT2D eigenvalue weighted by Crippen LogP contribution is 2.24. The largest absolute Gasteiger partial charge is 0.494 e. The molecule has 1 aromatic rings. The minimum atomic E-state index is -0.376. The fourth-order valence-corrected chi connectivity index (χ4v) is 1.36. The first-order chi connectivity index (χ1) is 8.02. The highest BCUT2D eigenvalue weighted by molar-refractivity contribution is 5.81. The van der Waals surface area contributed by atoms with Gasteiger partial charge in [0.1, 0.15) is 11.6 Å². The van der Waals surface area contributed by atoms with Crippen LogP contribution >= 0.6 is 0 Å². The molecule has 1 amide bonds. The normalized spacial score (nSPS) is 10.2. The molecule has 0 aliphatic heterocycles. The summed E-state index contributed by atoms with van der Waals surface area (Å²) >= 11 is 0. The standard InChI is InChI=1S/C12H17FN2O2/c1-8(2)15-12(16)7-14-10-5-4-9(13)6-11(10)17-3/h4-6,8,14H,7H2,1-3H3,(H,15,16). The Kier molecular flexibility index (Phi) is 4.75. The molecular formula is C12H17FN2O2. The zero-order valence-corrected chi connectivity index (χ0v) is 10.2. The van der Waals surface area contributed by atoms with Gasteiger partial charge in [-0.2, -0.15) is 0 Å². The molecule has 2 N–H and O–H groups in total. The highest BCUT2D eigenvalue weighted by Gasteiger charge is 2.07. The highest BCUT2D eigenvalue weighted by atomic mass is 19.1. The third-order valence-corrected chi connectivity index (χ3v) is 2.05. The van der Waals surface area contributed by atoms with E-state index in [1.54, 1.807) is 0 Å². The number of carbonyl (C=O) groups excluding carboxylic acids is 1. The van der Waals surface area contributed by atoms with Gasteiger partial charge in [0.25, 0.3) is 0 Å².